The van der Waals surface area contributed by atoms with Crippen LogP contribution in [0.3, 0.4) is 0 Å². The molecule has 0 N–H and O–H groups in total. The molecule has 0 aliphatic carbocycles. The lowest BCUT2D eigenvalue weighted by Gasteiger charge is -2.04. The summed E-state index contributed by atoms with van der Waals surface area (Å²) in [5.41, 5.74) is 0.476. The van der Waals surface area contributed by atoms with Gasteiger partial charge in [-0.3, -0.25) is 9.59 Å². The van der Waals surface area contributed by atoms with Crippen molar-refractivity contribution in [1.29, 1.82) is 0 Å². The molecule has 2 aromatic rings. The number of pyridine rings is 2. The van der Waals surface area contributed by atoms with Crippen molar-refractivity contribution >= 4 is 10.9 Å². The normalized spacial score (nSPS) is 10.7. The van der Waals surface area contributed by atoms with Crippen LogP contribution in [0.1, 0.15) is 0 Å². The first-order chi connectivity index (χ1) is 6.61. The van der Waals surface area contributed by atoms with Crippen LogP contribution in [0, 0.1) is 0 Å². The van der Waals surface area contributed by atoms with Crippen molar-refractivity contribution in [2.24, 2.45) is 14.1 Å². The smallest absolute Gasteiger partial charge is 0.259 e. The molecule has 2 heterocycles. The molecule has 2 rings (SSSR count). The Hall–Kier alpha value is -1.84. The van der Waals surface area contributed by atoms with E-state index in [1.54, 1.807) is 32.4 Å². The maximum Gasteiger partial charge on any atom is 0.259 e. The molecule has 0 saturated carbocycles. The highest BCUT2D eigenvalue weighted by Gasteiger charge is 2.02. The van der Waals surface area contributed by atoms with Gasteiger partial charge in [0.1, 0.15) is 0 Å². The maximum absolute atomic E-state index is 11.6. The zero-order chi connectivity index (χ0) is 10.3. The summed E-state index contributed by atoms with van der Waals surface area (Å²) in [5, 5.41) is 0.567. The highest BCUT2D eigenvalue weighted by Crippen LogP contribution is 2.04. The fourth-order valence-corrected chi connectivity index (χ4v) is 1.47. The van der Waals surface area contributed by atoms with Crippen LogP contribution in [-0.2, 0) is 14.1 Å². The fraction of sp³-hybridized carbons (Fsp3) is 0.200. The van der Waals surface area contributed by atoms with Crippen molar-refractivity contribution in [3.63, 3.8) is 0 Å². The first-order valence-corrected chi connectivity index (χ1v) is 4.26. The molecule has 2 aromatic heterocycles. The Bertz CT molecular complexity index is 608. The molecule has 72 valence electrons. The van der Waals surface area contributed by atoms with Crippen LogP contribution in [0.4, 0.5) is 0 Å². The molecule has 0 unspecified atom stereocenters. The van der Waals surface area contributed by atoms with Crippen LogP contribution >= 0.6 is 0 Å². The van der Waals surface area contributed by atoms with Crippen molar-refractivity contribution in [3.8, 4) is 0 Å². The summed E-state index contributed by atoms with van der Waals surface area (Å²) in [7, 11) is 3.34. The Kier molecular flexibility index (Phi) is 1.77. The topological polar surface area (TPSA) is 44.0 Å². The quantitative estimate of drug-likeness (QED) is 0.597. The van der Waals surface area contributed by atoms with E-state index in [4.69, 9.17) is 0 Å². The zero-order valence-corrected chi connectivity index (χ0v) is 8.02. The third-order valence-corrected chi connectivity index (χ3v) is 2.37. The molecular weight excluding hydrogens is 180 g/mol. The lowest BCUT2D eigenvalue weighted by atomic mass is 10.2. The number of hydrogen-bond acceptors (Lipinski definition) is 2. The molecular formula is C10H10N2O2. The molecule has 0 radical (unpaired) electrons. The minimum absolute atomic E-state index is 0.0851. The molecule has 0 saturated heterocycles. The number of hydrogen-bond donors (Lipinski definition) is 0. The SMILES string of the molecule is Cn1ccc2c(ccc(=O)n2C)c1=O. The van der Waals surface area contributed by atoms with Gasteiger partial charge in [0.2, 0.25) is 0 Å². The van der Waals surface area contributed by atoms with Gasteiger partial charge in [0, 0.05) is 26.4 Å². The van der Waals surface area contributed by atoms with E-state index in [0.717, 1.165) is 0 Å². The van der Waals surface area contributed by atoms with Gasteiger partial charge in [-0.2, -0.15) is 0 Å². The molecule has 4 heteroatoms. The largest absolute Gasteiger partial charge is 0.318 e. The Morgan fingerprint density at radius 1 is 1.07 bits per heavy atom. The van der Waals surface area contributed by atoms with Gasteiger partial charge in [-0.05, 0) is 12.1 Å². The van der Waals surface area contributed by atoms with Crippen LogP contribution in [0.15, 0.2) is 34.0 Å². The number of fused-ring (bicyclic) bond motifs is 1. The van der Waals surface area contributed by atoms with E-state index >= 15 is 0 Å². The molecule has 0 atom stereocenters. The van der Waals surface area contributed by atoms with Gasteiger partial charge in [0.25, 0.3) is 11.1 Å². The monoisotopic (exact) mass is 190 g/mol. The van der Waals surface area contributed by atoms with Crippen LogP contribution in [0.5, 0.6) is 0 Å². The van der Waals surface area contributed by atoms with E-state index in [2.05, 4.69) is 0 Å². The number of rotatable bonds is 0. The van der Waals surface area contributed by atoms with E-state index < -0.39 is 0 Å². The Morgan fingerprint density at radius 2 is 1.79 bits per heavy atom. The zero-order valence-electron chi connectivity index (χ0n) is 8.02. The summed E-state index contributed by atoms with van der Waals surface area (Å²) in [6.45, 7) is 0. The highest BCUT2D eigenvalue weighted by atomic mass is 16.1. The number of aromatic nitrogens is 2. The van der Waals surface area contributed by atoms with E-state index in [1.807, 2.05) is 0 Å². The minimum atomic E-state index is -0.106. The van der Waals surface area contributed by atoms with Crippen molar-refractivity contribution in [2.75, 3.05) is 0 Å². The third-order valence-electron chi connectivity index (χ3n) is 2.37. The molecule has 14 heavy (non-hydrogen) atoms. The summed E-state index contributed by atoms with van der Waals surface area (Å²) in [5.74, 6) is 0. The summed E-state index contributed by atoms with van der Waals surface area (Å²) in [6, 6.07) is 4.74. The second-order valence-corrected chi connectivity index (χ2v) is 3.26. The average Bonchev–Trinajstić information content (AvgIpc) is 2.17. The second kappa shape index (κ2) is 2.83. The highest BCUT2D eigenvalue weighted by molar-refractivity contribution is 5.77. The summed E-state index contributed by atoms with van der Waals surface area (Å²) < 4.78 is 2.96. The molecule has 0 spiro atoms. The lowest BCUT2D eigenvalue weighted by molar-refractivity contribution is 0.855. The lowest BCUT2D eigenvalue weighted by Crippen LogP contribution is -2.21. The minimum Gasteiger partial charge on any atom is -0.318 e. The van der Waals surface area contributed by atoms with Gasteiger partial charge in [-0.25, -0.2) is 0 Å². The third kappa shape index (κ3) is 1.08. The predicted octanol–water partition coefficient (Wildman–Crippen LogP) is 0.237. The first-order valence-electron chi connectivity index (χ1n) is 4.26. The van der Waals surface area contributed by atoms with E-state index in [1.165, 1.54) is 15.2 Å². The standard InChI is InChI=1S/C10H10N2O2/c1-11-6-5-8-7(10(11)14)3-4-9(13)12(8)2/h3-6H,1-2H3. The summed E-state index contributed by atoms with van der Waals surface area (Å²) >= 11 is 0. The van der Waals surface area contributed by atoms with E-state index in [0.29, 0.717) is 10.9 Å². The molecule has 0 aromatic carbocycles. The van der Waals surface area contributed by atoms with Gasteiger partial charge in [0.05, 0.1) is 10.9 Å². The summed E-state index contributed by atoms with van der Waals surface area (Å²) in [6.07, 6.45) is 1.66. The van der Waals surface area contributed by atoms with Crippen molar-refractivity contribution in [3.05, 3.63) is 45.1 Å². The molecule has 0 bridgehead atoms. The van der Waals surface area contributed by atoms with E-state index in [-0.39, 0.29) is 11.1 Å². The van der Waals surface area contributed by atoms with Crippen molar-refractivity contribution in [1.82, 2.24) is 9.13 Å². The van der Waals surface area contributed by atoms with Crippen LogP contribution in [0.25, 0.3) is 10.9 Å². The second-order valence-electron chi connectivity index (χ2n) is 3.26. The van der Waals surface area contributed by atoms with Gasteiger partial charge < -0.3 is 9.13 Å². The number of nitrogens with zero attached hydrogens (tertiary/aromatic N) is 2. The maximum atomic E-state index is 11.6. The van der Waals surface area contributed by atoms with Gasteiger partial charge in [-0.15, -0.1) is 0 Å². The van der Waals surface area contributed by atoms with Gasteiger partial charge in [0.15, 0.2) is 0 Å². The van der Waals surface area contributed by atoms with Crippen molar-refractivity contribution in [2.45, 2.75) is 0 Å². The molecule has 0 fully saturated rings. The summed E-state index contributed by atoms with van der Waals surface area (Å²) in [4.78, 5) is 22.9. The molecule has 0 aliphatic rings. The Balaban J connectivity index is 3.10. The molecule has 4 nitrogen and oxygen atoms in total. The van der Waals surface area contributed by atoms with Crippen LogP contribution in [-0.4, -0.2) is 9.13 Å². The molecule has 0 aliphatic heterocycles. The Morgan fingerprint density at radius 3 is 2.50 bits per heavy atom. The van der Waals surface area contributed by atoms with Gasteiger partial charge >= 0.3 is 0 Å². The average molecular weight is 190 g/mol. The predicted molar refractivity (Wildman–Crippen MR) is 54.4 cm³/mol. The molecule has 0 amide bonds. The first kappa shape index (κ1) is 8.74. The van der Waals surface area contributed by atoms with Crippen LogP contribution in [0.2, 0.25) is 0 Å². The Labute approximate surface area is 80.0 Å². The van der Waals surface area contributed by atoms with E-state index in [9.17, 15) is 9.59 Å². The number of aryl methyl sites for hydroxylation is 2. The van der Waals surface area contributed by atoms with Crippen LogP contribution < -0.4 is 11.1 Å². The van der Waals surface area contributed by atoms with Gasteiger partial charge in [-0.1, -0.05) is 0 Å². The fourth-order valence-electron chi connectivity index (χ4n) is 1.47. The van der Waals surface area contributed by atoms with Crippen molar-refractivity contribution < 1.29 is 0 Å².